The lowest BCUT2D eigenvalue weighted by atomic mass is 9.77. The third-order valence-electron chi connectivity index (χ3n) is 6.67. The van der Waals surface area contributed by atoms with Gasteiger partial charge in [-0.15, -0.1) is 0 Å². The lowest BCUT2D eigenvalue weighted by molar-refractivity contribution is -0.142. The quantitative estimate of drug-likeness (QED) is 0.624. The third-order valence-corrected chi connectivity index (χ3v) is 6.67. The summed E-state index contributed by atoms with van der Waals surface area (Å²) in [4.78, 5) is 23.7. The summed E-state index contributed by atoms with van der Waals surface area (Å²) >= 11 is 0. The molecule has 31 heavy (non-hydrogen) atoms. The molecule has 1 saturated heterocycles. The number of nitrogens with zero attached hydrogens (tertiary/aromatic N) is 4. The van der Waals surface area contributed by atoms with Crippen molar-refractivity contribution in [2.75, 3.05) is 13.1 Å². The summed E-state index contributed by atoms with van der Waals surface area (Å²) < 4.78 is 21.4. The largest absolute Gasteiger partial charge is 0.338 e. The predicted molar refractivity (Wildman–Crippen MR) is 113 cm³/mol. The molecule has 1 amide bonds. The Hall–Kier alpha value is -3.09. The topological polar surface area (TPSA) is 72.1 Å². The molecular weight excluding hydrogens is 395 g/mol. The molecule has 3 aromatic rings. The monoisotopic (exact) mass is 420 g/mol. The minimum Gasteiger partial charge on any atom is -0.338 e. The molecule has 5 rings (SSSR count). The number of piperidine rings is 1. The van der Waals surface area contributed by atoms with Gasteiger partial charge in [0.1, 0.15) is 0 Å². The van der Waals surface area contributed by atoms with E-state index in [9.17, 15) is 4.79 Å². The number of hydrogen-bond acceptors (Lipinski definition) is 5. The van der Waals surface area contributed by atoms with Crippen molar-refractivity contribution in [3.63, 3.8) is 0 Å². The molecule has 0 N–H and O–H groups in total. The van der Waals surface area contributed by atoms with Gasteiger partial charge in [0.05, 0.1) is 12.0 Å². The van der Waals surface area contributed by atoms with Crippen LogP contribution in [0.25, 0.3) is 11.4 Å². The standard InChI is InChI=1S/C24H25FN4O2/c25-24(21-27-20(28-31-21)18-9-14-26-15-10-18)13-6-16-29(17-24)22(30)23(11-4-5-12-23)19-7-2-1-3-8-19/h1-3,7-10,14-15H,4-6,11-13,16-17H2. The first kappa shape index (κ1) is 19.8. The number of pyridine rings is 1. The molecule has 1 aliphatic carbocycles. The molecule has 2 fully saturated rings. The van der Waals surface area contributed by atoms with E-state index in [2.05, 4.69) is 15.1 Å². The SMILES string of the molecule is O=C(N1CCCC(F)(c2nc(-c3ccncc3)no2)C1)C1(c2ccccc2)CCCC1. The average molecular weight is 420 g/mol. The zero-order valence-corrected chi connectivity index (χ0v) is 17.3. The predicted octanol–water partition coefficient (Wildman–Crippen LogP) is 4.43. The number of aromatic nitrogens is 3. The maximum Gasteiger partial charge on any atom is 0.266 e. The lowest BCUT2D eigenvalue weighted by Crippen LogP contribution is -2.52. The van der Waals surface area contributed by atoms with Crippen LogP contribution in [0.3, 0.4) is 0 Å². The molecule has 0 radical (unpaired) electrons. The summed E-state index contributed by atoms with van der Waals surface area (Å²) in [5.74, 6) is 0.290. The van der Waals surface area contributed by atoms with Crippen LogP contribution in [0.4, 0.5) is 4.39 Å². The number of benzene rings is 1. The molecule has 1 atom stereocenters. The van der Waals surface area contributed by atoms with Crippen molar-refractivity contribution in [3.05, 3.63) is 66.3 Å². The van der Waals surface area contributed by atoms with E-state index in [0.29, 0.717) is 24.4 Å². The first-order valence-electron chi connectivity index (χ1n) is 10.9. The van der Waals surface area contributed by atoms with Gasteiger partial charge in [-0.2, -0.15) is 4.98 Å². The molecule has 2 aromatic heterocycles. The molecule has 2 aliphatic rings. The van der Waals surface area contributed by atoms with Gasteiger partial charge in [-0.05, 0) is 43.4 Å². The highest BCUT2D eigenvalue weighted by molar-refractivity contribution is 5.89. The number of rotatable bonds is 4. The van der Waals surface area contributed by atoms with Gasteiger partial charge in [-0.3, -0.25) is 9.78 Å². The van der Waals surface area contributed by atoms with E-state index in [1.165, 1.54) is 0 Å². The Morgan fingerprint density at radius 3 is 2.48 bits per heavy atom. The second kappa shape index (κ2) is 7.87. The number of likely N-dealkylation sites (tertiary alicyclic amines) is 1. The molecule has 160 valence electrons. The summed E-state index contributed by atoms with van der Waals surface area (Å²) in [6.45, 7) is 0.489. The molecule has 1 aromatic carbocycles. The van der Waals surface area contributed by atoms with Gasteiger partial charge < -0.3 is 9.42 Å². The summed E-state index contributed by atoms with van der Waals surface area (Å²) in [7, 11) is 0. The Balaban J connectivity index is 1.41. The normalized spacial score (nSPS) is 23.1. The highest BCUT2D eigenvalue weighted by Crippen LogP contribution is 2.44. The second-order valence-corrected chi connectivity index (χ2v) is 8.61. The molecule has 6 nitrogen and oxygen atoms in total. The Morgan fingerprint density at radius 1 is 1.00 bits per heavy atom. The Bertz CT molecular complexity index is 1050. The molecule has 1 aliphatic heterocycles. The zero-order chi connectivity index (χ0) is 21.3. The molecule has 1 saturated carbocycles. The Kier molecular flexibility index (Phi) is 5.04. The van der Waals surface area contributed by atoms with Gasteiger partial charge in [-0.25, -0.2) is 4.39 Å². The minimum atomic E-state index is -1.84. The van der Waals surface area contributed by atoms with Crippen LogP contribution in [0, 0.1) is 0 Å². The minimum absolute atomic E-state index is 0.0202. The van der Waals surface area contributed by atoms with Crippen molar-refractivity contribution in [2.45, 2.75) is 49.6 Å². The van der Waals surface area contributed by atoms with Crippen LogP contribution in [0.2, 0.25) is 0 Å². The number of carbonyl (C=O) groups is 1. The molecular formula is C24H25FN4O2. The van der Waals surface area contributed by atoms with Crippen LogP contribution in [-0.4, -0.2) is 39.0 Å². The first-order valence-corrected chi connectivity index (χ1v) is 10.9. The lowest BCUT2D eigenvalue weighted by Gasteiger charge is -2.40. The second-order valence-electron chi connectivity index (χ2n) is 8.61. The van der Waals surface area contributed by atoms with Crippen LogP contribution in [-0.2, 0) is 15.9 Å². The van der Waals surface area contributed by atoms with Crippen molar-refractivity contribution in [1.82, 2.24) is 20.0 Å². The van der Waals surface area contributed by atoms with E-state index in [4.69, 9.17) is 4.52 Å². The highest BCUT2D eigenvalue weighted by atomic mass is 19.1. The van der Waals surface area contributed by atoms with Gasteiger partial charge in [0.25, 0.3) is 5.89 Å². The van der Waals surface area contributed by atoms with Crippen molar-refractivity contribution < 1.29 is 13.7 Å². The fourth-order valence-corrected chi connectivity index (χ4v) is 5.05. The van der Waals surface area contributed by atoms with Gasteiger partial charge >= 0.3 is 0 Å². The number of hydrogen-bond donors (Lipinski definition) is 0. The Labute approximate surface area is 180 Å². The van der Waals surface area contributed by atoms with Crippen LogP contribution in [0.5, 0.6) is 0 Å². The maximum absolute atomic E-state index is 16.1. The van der Waals surface area contributed by atoms with Gasteiger partial charge in [0.2, 0.25) is 17.4 Å². The van der Waals surface area contributed by atoms with E-state index in [0.717, 1.165) is 31.2 Å². The van der Waals surface area contributed by atoms with Crippen LogP contribution >= 0.6 is 0 Å². The molecule has 3 heterocycles. The molecule has 0 spiro atoms. The van der Waals surface area contributed by atoms with Crippen LogP contribution in [0.15, 0.2) is 59.4 Å². The molecule has 0 bridgehead atoms. The summed E-state index contributed by atoms with van der Waals surface area (Å²) in [5.41, 5.74) is -0.657. The van der Waals surface area contributed by atoms with E-state index in [1.807, 2.05) is 30.3 Å². The van der Waals surface area contributed by atoms with E-state index in [1.54, 1.807) is 29.4 Å². The number of amides is 1. The smallest absolute Gasteiger partial charge is 0.266 e. The zero-order valence-electron chi connectivity index (χ0n) is 17.3. The average Bonchev–Trinajstić information content (AvgIpc) is 3.51. The summed E-state index contributed by atoms with van der Waals surface area (Å²) in [6, 6.07) is 13.4. The Morgan fingerprint density at radius 2 is 1.74 bits per heavy atom. The molecule has 7 heteroatoms. The van der Waals surface area contributed by atoms with E-state index in [-0.39, 0.29) is 24.8 Å². The van der Waals surface area contributed by atoms with Crippen molar-refractivity contribution in [3.8, 4) is 11.4 Å². The van der Waals surface area contributed by atoms with E-state index >= 15 is 4.39 Å². The van der Waals surface area contributed by atoms with Crippen molar-refractivity contribution in [1.29, 1.82) is 0 Å². The van der Waals surface area contributed by atoms with Crippen molar-refractivity contribution >= 4 is 5.91 Å². The van der Waals surface area contributed by atoms with Gasteiger partial charge in [-0.1, -0.05) is 48.3 Å². The summed E-state index contributed by atoms with van der Waals surface area (Å²) in [6.07, 6.45) is 7.69. The van der Waals surface area contributed by atoms with Crippen LogP contribution in [0.1, 0.15) is 50.0 Å². The molecule has 1 unspecified atom stereocenters. The van der Waals surface area contributed by atoms with Crippen LogP contribution < -0.4 is 0 Å². The number of halogens is 1. The summed E-state index contributed by atoms with van der Waals surface area (Å²) in [5, 5.41) is 3.96. The van der Waals surface area contributed by atoms with Gasteiger partial charge in [0.15, 0.2) is 0 Å². The van der Waals surface area contributed by atoms with E-state index < -0.39 is 11.1 Å². The fourth-order valence-electron chi connectivity index (χ4n) is 5.05. The maximum atomic E-state index is 16.1. The highest BCUT2D eigenvalue weighted by Gasteiger charge is 2.50. The number of alkyl halides is 1. The van der Waals surface area contributed by atoms with Crippen molar-refractivity contribution in [2.24, 2.45) is 0 Å². The number of carbonyl (C=O) groups excluding carboxylic acids is 1. The first-order chi connectivity index (χ1) is 15.1. The fraction of sp³-hybridized carbons (Fsp3) is 0.417. The van der Waals surface area contributed by atoms with Gasteiger partial charge in [0, 0.05) is 24.5 Å². The third kappa shape index (κ3) is 3.52.